The predicted octanol–water partition coefficient (Wildman–Crippen LogP) is 0.602. The highest BCUT2D eigenvalue weighted by Gasteiger charge is 2.73. The molecule has 3 unspecified atom stereocenters. The lowest BCUT2D eigenvalue weighted by Gasteiger charge is -2.30. The molecule has 1 N–H and O–H groups in total. The van der Waals surface area contributed by atoms with Crippen molar-refractivity contribution in [1.82, 2.24) is 4.90 Å². The van der Waals surface area contributed by atoms with Crippen LogP contribution in [0.25, 0.3) is 0 Å². The van der Waals surface area contributed by atoms with E-state index in [0.717, 1.165) is 25.7 Å². The van der Waals surface area contributed by atoms with Crippen LogP contribution in [0.3, 0.4) is 0 Å². The van der Waals surface area contributed by atoms with Gasteiger partial charge in [0.05, 0.1) is 0 Å². The number of likely N-dealkylation sites (tertiary alicyclic amines) is 1. The number of amides is 1. The maximum Gasteiger partial charge on any atom is 0.326 e. The van der Waals surface area contributed by atoms with E-state index in [9.17, 15) is 9.59 Å². The Morgan fingerprint density at radius 2 is 2.20 bits per heavy atom. The molecule has 3 aliphatic rings. The van der Waals surface area contributed by atoms with Gasteiger partial charge in [-0.15, -0.1) is 0 Å². The molecule has 0 aromatic rings. The summed E-state index contributed by atoms with van der Waals surface area (Å²) < 4.78 is 0. The van der Waals surface area contributed by atoms with Crippen LogP contribution in [0.1, 0.15) is 25.7 Å². The van der Waals surface area contributed by atoms with Gasteiger partial charge in [0.1, 0.15) is 6.04 Å². The number of carboxylic acids is 1. The molecule has 0 bridgehead atoms. The number of carbonyl (C=O) groups excluding carboxylic acids is 1. The molecule has 0 aromatic carbocycles. The Bertz CT molecular complexity index is 359. The Labute approximate surface area is 89.0 Å². The highest BCUT2D eigenvalue weighted by atomic mass is 16.4. The van der Waals surface area contributed by atoms with Crippen molar-refractivity contribution in [2.75, 3.05) is 0 Å². The average Bonchev–Trinajstić information content (AvgIpc) is 2.56. The van der Waals surface area contributed by atoms with Crippen molar-refractivity contribution in [2.24, 2.45) is 11.3 Å². The molecule has 1 aliphatic heterocycles. The van der Waals surface area contributed by atoms with Crippen molar-refractivity contribution >= 4 is 19.6 Å². The van der Waals surface area contributed by atoms with Crippen molar-refractivity contribution in [1.29, 1.82) is 0 Å². The van der Waals surface area contributed by atoms with E-state index < -0.39 is 17.8 Å². The maximum absolute atomic E-state index is 11.3. The van der Waals surface area contributed by atoms with Crippen molar-refractivity contribution in [2.45, 2.75) is 37.8 Å². The van der Waals surface area contributed by atoms with Crippen LogP contribution in [0, 0.1) is 11.3 Å². The molecule has 1 amide bonds. The van der Waals surface area contributed by atoms with Gasteiger partial charge in [-0.2, -0.15) is 0 Å². The fourth-order valence-corrected chi connectivity index (χ4v) is 3.91. The van der Waals surface area contributed by atoms with E-state index in [-0.39, 0.29) is 17.4 Å². The summed E-state index contributed by atoms with van der Waals surface area (Å²) in [4.78, 5) is 23.9. The summed E-state index contributed by atoms with van der Waals surface area (Å²) in [6.07, 6.45) is 4.05. The van der Waals surface area contributed by atoms with Crippen molar-refractivity contribution < 1.29 is 14.7 Å². The lowest BCUT2D eigenvalue weighted by Crippen LogP contribution is -2.47. The molecule has 1 saturated heterocycles. The van der Waals surface area contributed by atoms with Gasteiger partial charge >= 0.3 is 5.97 Å². The fraction of sp³-hybridized carbons (Fsp3) is 0.800. The standard InChI is InChI=1S/C10H12BNO3/c11-9(15)12-6-2-1-3-10(6)4-5(10)7(12)8(13)14/h5-7H,1-4H2,(H,13,14)/t5?,6?,7-,10?/m0/s1. The van der Waals surface area contributed by atoms with E-state index in [1.807, 2.05) is 0 Å². The summed E-state index contributed by atoms with van der Waals surface area (Å²) in [6.45, 7) is 0. The number of carbonyl (C=O) groups is 2. The molecule has 4 nitrogen and oxygen atoms in total. The summed E-state index contributed by atoms with van der Waals surface area (Å²) in [5.41, 5.74) is 0.123. The first-order chi connectivity index (χ1) is 7.08. The maximum atomic E-state index is 11.3. The van der Waals surface area contributed by atoms with E-state index >= 15 is 0 Å². The van der Waals surface area contributed by atoms with Crippen LogP contribution < -0.4 is 0 Å². The first kappa shape index (κ1) is 9.25. The smallest absolute Gasteiger partial charge is 0.326 e. The van der Waals surface area contributed by atoms with Crippen LogP contribution in [0.5, 0.6) is 0 Å². The van der Waals surface area contributed by atoms with Crippen LogP contribution >= 0.6 is 0 Å². The van der Waals surface area contributed by atoms with E-state index in [1.165, 1.54) is 4.90 Å². The molecule has 1 heterocycles. The molecule has 2 radical (unpaired) electrons. The van der Waals surface area contributed by atoms with E-state index in [4.69, 9.17) is 13.0 Å². The lowest BCUT2D eigenvalue weighted by molar-refractivity contribution is -0.142. The molecule has 4 atom stereocenters. The minimum atomic E-state index is -0.898. The Balaban J connectivity index is 1.98. The number of aliphatic carboxylic acids is 1. The minimum absolute atomic E-state index is 0.0982. The number of nitrogens with zero attached hydrogens (tertiary/aromatic N) is 1. The molecular formula is C10H12BNO3. The quantitative estimate of drug-likeness (QED) is 0.637. The third-order valence-corrected chi connectivity index (χ3v) is 4.49. The molecule has 15 heavy (non-hydrogen) atoms. The molecule has 3 rings (SSSR count). The van der Waals surface area contributed by atoms with Gasteiger partial charge in [0.15, 0.2) is 5.81 Å². The van der Waals surface area contributed by atoms with E-state index in [2.05, 4.69) is 0 Å². The summed E-state index contributed by atoms with van der Waals surface area (Å²) in [5.74, 6) is -1.30. The highest BCUT2D eigenvalue weighted by Crippen LogP contribution is 2.70. The fourth-order valence-electron chi connectivity index (χ4n) is 3.91. The topological polar surface area (TPSA) is 57.6 Å². The van der Waals surface area contributed by atoms with Crippen molar-refractivity contribution in [3.63, 3.8) is 0 Å². The zero-order chi connectivity index (χ0) is 10.8. The summed E-state index contributed by atoms with van der Waals surface area (Å²) in [7, 11) is 5.28. The number of hydrogen-bond acceptors (Lipinski definition) is 2. The number of hydrogen-bond donors (Lipinski definition) is 1. The normalized spacial score (nSPS) is 46.1. The average molecular weight is 205 g/mol. The van der Waals surface area contributed by atoms with Crippen LogP contribution in [0.4, 0.5) is 4.79 Å². The molecular weight excluding hydrogens is 193 g/mol. The largest absolute Gasteiger partial charge is 0.480 e. The van der Waals surface area contributed by atoms with Crippen molar-refractivity contribution in [3.8, 4) is 0 Å². The Morgan fingerprint density at radius 1 is 1.47 bits per heavy atom. The zero-order valence-corrected chi connectivity index (χ0v) is 8.35. The SMILES string of the molecule is [B]C(=O)N1C2CCCC23CC3[C@H]1C(=O)O. The molecule has 1 spiro atoms. The van der Waals surface area contributed by atoms with Gasteiger partial charge in [-0.05, 0) is 30.6 Å². The predicted molar refractivity (Wildman–Crippen MR) is 52.6 cm³/mol. The van der Waals surface area contributed by atoms with Gasteiger partial charge < -0.3 is 10.0 Å². The molecule has 78 valence electrons. The van der Waals surface area contributed by atoms with Crippen LogP contribution in [-0.4, -0.2) is 41.7 Å². The second-order valence-corrected chi connectivity index (χ2v) is 4.98. The minimum Gasteiger partial charge on any atom is -0.480 e. The van der Waals surface area contributed by atoms with Gasteiger partial charge in [0.2, 0.25) is 7.85 Å². The van der Waals surface area contributed by atoms with Gasteiger partial charge in [0.25, 0.3) is 0 Å². The van der Waals surface area contributed by atoms with E-state index in [0.29, 0.717) is 0 Å². The lowest BCUT2D eigenvalue weighted by atomic mass is 9.99. The molecule has 2 saturated carbocycles. The third-order valence-electron chi connectivity index (χ3n) is 4.49. The molecule has 3 fully saturated rings. The first-order valence-electron chi connectivity index (χ1n) is 5.38. The van der Waals surface area contributed by atoms with E-state index in [1.54, 1.807) is 0 Å². The summed E-state index contributed by atoms with van der Waals surface area (Å²) in [5, 5.41) is 9.13. The number of carboxylic acid groups (broad SMARTS) is 1. The Morgan fingerprint density at radius 3 is 2.80 bits per heavy atom. The molecule has 5 heteroatoms. The Kier molecular flexibility index (Phi) is 1.58. The Hall–Kier alpha value is -0.995. The van der Waals surface area contributed by atoms with Crippen LogP contribution in [0.2, 0.25) is 0 Å². The monoisotopic (exact) mass is 205 g/mol. The molecule has 2 aliphatic carbocycles. The first-order valence-corrected chi connectivity index (χ1v) is 5.38. The van der Waals surface area contributed by atoms with Crippen LogP contribution in [0.15, 0.2) is 0 Å². The zero-order valence-electron chi connectivity index (χ0n) is 8.35. The third kappa shape index (κ3) is 0.937. The van der Waals surface area contributed by atoms with Crippen LogP contribution in [-0.2, 0) is 4.79 Å². The summed E-state index contributed by atoms with van der Waals surface area (Å²) >= 11 is 0. The summed E-state index contributed by atoms with van der Waals surface area (Å²) in [6, 6.07) is -0.561. The second kappa shape index (κ2) is 2.57. The molecule has 0 aromatic heterocycles. The van der Waals surface area contributed by atoms with Crippen molar-refractivity contribution in [3.05, 3.63) is 0 Å². The number of rotatable bonds is 1. The van der Waals surface area contributed by atoms with Gasteiger partial charge in [0, 0.05) is 6.04 Å². The van der Waals surface area contributed by atoms with Gasteiger partial charge in [-0.3, -0.25) is 4.79 Å². The highest BCUT2D eigenvalue weighted by molar-refractivity contribution is 6.57. The van der Waals surface area contributed by atoms with Gasteiger partial charge in [-0.25, -0.2) is 4.79 Å². The van der Waals surface area contributed by atoms with Gasteiger partial charge in [-0.1, -0.05) is 6.42 Å². The second-order valence-electron chi connectivity index (χ2n) is 4.98. The number of piperidine rings is 1.